The maximum atomic E-state index is 6.22. The Bertz CT molecular complexity index is 9050. The molecule has 0 N–H and O–H groups in total. The lowest BCUT2D eigenvalue weighted by Crippen LogP contribution is -2.00. The summed E-state index contributed by atoms with van der Waals surface area (Å²) in [6, 6.07) is 143. The van der Waals surface area contributed by atoms with Crippen LogP contribution in [-0.2, 0) is 0 Å². The Morgan fingerprint density at radius 3 is 1.26 bits per heavy atom. The molecule has 10 aromatic heterocycles. The molecule has 27 rings (SSSR count). The van der Waals surface area contributed by atoms with E-state index in [-0.39, 0.29) is 0 Å². The second-order valence-electron chi connectivity index (χ2n) is 32.2. The molecule has 10 heteroatoms. The number of hydrogen-bond acceptors (Lipinski definition) is 9. The highest BCUT2D eigenvalue weighted by atomic mass is 32.1. The molecule has 0 saturated heterocycles. The molecule has 0 aliphatic heterocycles. The van der Waals surface area contributed by atoms with Gasteiger partial charge in [-0.2, -0.15) is 0 Å². The highest BCUT2D eigenvalue weighted by Gasteiger charge is 2.23. The fraction of sp³-hybridized carbons (Fsp3) is 0. The van der Waals surface area contributed by atoms with Crippen molar-refractivity contribution in [2.75, 3.05) is 0 Å². The maximum Gasteiger partial charge on any atom is 0.138 e. The van der Waals surface area contributed by atoms with Gasteiger partial charge in [0.2, 0.25) is 0 Å². The number of benzene rings is 17. The fourth-order valence-corrected chi connectivity index (χ4v) is 20.1. The Morgan fingerprint density at radius 2 is 0.659 bits per heavy atom. The Balaban J connectivity index is 0.000000105. The molecular formula is C116H69N7O2S. The van der Waals surface area contributed by atoms with Gasteiger partial charge in [0.25, 0.3) is 0 Å². The van der Waals surface area contributed by atoms with E-state index in [1.807, 2.05) is 90.5 Å². The minimum absolute atomic E-state index is 0.849. The monoisotopic (exact) mass is 1620 g/mol. The molecule has 0 unspecified atom stereocenters. The molecule has 0 saturated carbocycles. The number of pyridine rings is 6. The molecule has 126 heavy (non-hydrogen) atoms. The van der Waals surface area contributed by atoms with Crippen LogP contribution in [-0.4, -0.2) is 34.5 Å². The predicted molar refractivity (Wildman–Crippen MR) is 526 cm³/mol. The first-order chi connectivity index (χ1) is 62.4. The molecule has 9 nitrogen and oxygen atoms in total. The first kappa shape index (κ1) is 72.2. The zero-order valence-electron chi connectivity index (χ0n) is 67.7. The lowest BCUT2D eigenvalue weighted by atomic mass is 9.95. The average molecular weight is 1620 g/mol. The van der Waals surface area contributed by atoms with Gasteiger partial charge < -0.3 is 8.83 Å². The summed E-state index contributed by atoms with van der Waals surface area (Å²) in [5, 5.41) is 24.6. The Morgan fingerprint density at radius 1 is 0.214 bits per heavy atom. The molecule has 0 amide bonds. The quantitative estimate of drug-likeness (QED) is 0.138. The van der Waals surface area contributed by atoms with Gasteiger partial charge in [0, 0.05) is 142 Å². The molecule has 0 bridgehead atoms. The van der Waals surface area contributed by atoms with E-state index in [2.05, 4.69) is 349 Å². The third-order valence-corrected chi connectivity index (χ3v) is 26.1. The van der Waals surface area contributed by atoms with Crippen LogP contribution in [0.3, 0.4) is 0 Å². The Labute approximate surface area is 725 Å². The summed E-state index contributed by atoms with van der Waals surface area (Å²) in [5.41, 5.74) is 23.1. The van der Waals surface area contributed by atoms with Gasteiger partial charge in [-0.25, -0.2) is 24.9 Å². The number of nitrogens with zero attached hydrogens (tertiary/aromatic N) is 7. The van der Waals surface area contributed by atoms with Gasteiger partial charge in [-0.05, 0) is 122 Å². The van der Waals surface area contributed by atoms with Crippen molar-refractivity contribution in [2.24, 2.45) is 0 Å². The highest BCUT2D eigenvalue weighted by Crippen LogP contribution is 2.46. The summed E-state index contributed by atoms with van der Waals surface area (Å²) < 4.78 is 17.2. The number of rotatable bonds is 8. The van der Waals surface area contributed by atoms with Crippen molar-refractivity contribution in [3.8, 4) is 84.5 Å². The van der Waals surface area contributed by atoms with Gasteiger partial charge in [0.05, 0.1) is 67.9 Å². The van der Waals surface area contributed by atoms with Crippen LogP contribution in [0.25, 0.3) is 257 Å². The summed E-state index contributed by atoms with van der Waals surface area (Å²) in [5.74, 6) is 0.866. The number of furan rings is 2. The van der Waals surface area contributed by atoms with Crippen molar-refractivity contribution >= 4 is 184 Å². The van der Waals surface area contributed by atoms with Gasteiger partial charge in [0.15, 0.2) is 0 Å². The largest absolute Gasteiger partial charge is 0.456 e. The van der Waals surface area contributed by atoms with E-state index in [0.717, 1.165) is 193 Å². The number of fused-ring (bicyclic) bond motifs is 23. The minimum Gasteiger partial charge on any atom is -0.456 e. The SMILES string of the molecule is c1ccc(-c2cc(-c3nc4cc5oc6ccccc6c5cc4c4ccccc34)cc(-c3ccccc3)n2)cc1.c1ccc(-c2nc(-n3c4ccc(-c5nc6cc7sc8ccccc8c7cc6c6ccccc56)cc4c4ccncc43)cc3ccccc23)cc1.c1ccc2c(-c3ccc(-c4nc5cc6oc7ccccc7c6cc5c5ccccc45)cc3)cccc2c1. The number of para-hydroxylation sites is 2. The Hall–Kier alpha value is -16.7. The van der Waals surface area contributed by atoms with Crippen LogP contribution in [0.5, 0.6) is 0 Å². The second kappa shape index (κ2) is 29.6. The van der Waals surface area contributed by atoms with Crippen LogP contribution in [0.15, 0.2) is 428 Å². The van der Waals surface area contributed by atoms with E-state index in [0.29, 0.717) is 0 Å². The number of hydrogen-bond donors (Lipinski definition) is 0. The third-order valence-electron chi connectivity index (χ3n) is 24.9. The van der Waals surface area contributed by atoms with Crippen molar-refractivity contribution in [1.29, 1.82) is 0 Å². The van der Waals surface area contributed by atoms with Gasteiger partial charge >= 0.3 is 0 Å². The van der Waals surface area contributed by atoms with Gasteiger partial charge in [-0.3, -0.25) is 9.55 Å². The van der Waals surface area contributed by atoms with Crippen molar-refractivity contribution in [3.63, 3.8) is 0 Å². The first-order valence-electron chi connectivity index (χ1n) is 42.4. The van der Waals surface area contributed by atoms with Crippen LogP contribution in [0.4, 0.5) is 0 Å². The molecular weight excluding hydrogens is 1560 g/mol. The second-order valence-corrected chi connectivity index (χ2v) is 33.3. The molecule has 27 aromatic rings. The van der Waals surface area contributed by atoms with Gasteiger partial charge in [-0.15, -0.1) is 11.3 Å². The molecule has 0 radical (unpaired) electrons. The summed E-state index contributed by atoms with van der Waals surface area (Å²) in [4.78, 5) is 30.8. The third kappa shape index (κ3) is 12.2. The highest BCUT2D eigenvalue weighted by molar-refractivity contribution is 7.25. The zero-order valence-corrected chi connectivity index (χ0v) is 68.5. The molecule has 0 atom stereocenters. The van der Waals surface area contributed by atoms with Gasteiger partial charge in [0.1, 0.15) is 28.1 Å². The minimum atomic E-state index is 0.849. The van der Waals surface area contributed by atoms with E-state index >= 15 is 0 Å². The van der Waals surface area contributed by atoms with Crippen molar-refractivity contribution in [1.82, 2.24) is 34.5 Å². The van der Waals surface area contributed by atoms with E-state index in [1.54, 1.807) is 0 Å². The van der Waals surface area contributed by atoms with Crippen LogP contribution in [0.1, 0.15) is 0 Å². The molecule has 0 aliphatic carbocycles. The molecule has 0 aliphatic rings. The number of aromatic nitrogens is 7. The van der Waals surface area contributed by atoms with Crippen molar-refractivity contribution < 1.29 is 8.83 Å². The van der Waals surface area contributed by atoms with Crippen LogP contribution >= 0.6 is 11.3 Å². The standard InChI is InChI=1S/C45H26N4S.C36H22N2O.C35H21NO/c1-2-10-27(11-3-1)44-30-13-5-4-12-28(30)23-43(48-44)49-39-19-18-29(22-36(39)32-20-21-46-26-40(32)49)45-34-16-7-6-14-31(34)35-24-37-33-15-8-9-17-41(33)50-42(37)25-38(35)47-45;1-3-11-23(12-4-1)31-19-25(20-32(37-31)24-13-5-2-6-14-24)36-28-17-8-7-15-26(28)29-21-30-27-16-9-10-18-34(27)39-35(30)22-33(29)38-36;1-2-10-25-22(8-1)9-7-14-26(25)23-16-18-24(19-17-23)35-29-13-4-3-11-27(29)30-20-31-28-12-5-6-15-33(28)37-34(31)21-32(30)36-35/h1-26H;1-22H;1-21H. The van der Waals surface area contributed by atoms with Crippen molar-refractivity contribution in [3.05, 3.63) is 419 Å². The van der Waals surface area contributed by atoms with E-state index < -0.39 is 0 Å². The topological polar surface area (TPSA) is 109 Å². The smallest absolute Gasteiger partial charge is 0.138 e. The summed E-state index contributed by atoms with van der Waals surface area (Å²) in [6.45, 7) is 0. The number of thiophene rings is 1. The van der Waals surface area contributed by atoms with E-state index in [9.17, 15) is 0 Å². The van der Waals surface area contributed by atoms with Gasteiger partial charge in [-0.1, -0.05) is 315 Å². The van der Waals surface area contributed by atoms with E-state index in [4.69, 9.17) is 33.8 Å². The first-order valence-corrected chi connectivity index (χ1v) is 43.2. The fourth-order valence-electron chi connectivity index (χ4n) is 19.0. The normalized spacial score (nSPS) is 11.8. The molecule has 10 heterocycles. The maximum absolute atomic E-state index is 6.22. The summed E-state index contributed by atoms with van der Waals surface area (Å²) in [7, 11) is 0. The summed E-state index contributed by atoms with van der Waals surface area (Å²) in [6.07, 6.45) is 3.83. The molecule has 0 fully saturated rings. The van der Waals surface area contributed by atoms with Crippen LogP contribution in [0.2, 0.25) is 0 Å². The molecule has 17 aromatic carbocycles. The van der Waals surface area contributed by atoms with Crippen LogP contribution < -0.4 is 0 Å². The predicted octanol–water partition coefficient (Wildman–Crippen LogP) is 31.6. The summed E-state index contributed by atoms with van der Waals surface area (Å²) >= 11 is 1.83. The molecule has 0 spiro atoms. The van der Waals surface area contributed by atoms with Crippen LogP contribution in [0, 0.1) is 0 Å². The van der Waals surface area contributed by atoms with E-state index in [1.165, 1.54) is 63.6 Å². The average Bonchev–Trinajstić information content (AvgIpc) is 1.53. The lowest BCUT2D eigenvalue weighted by Gasteiger charge is -2.13. The van der Waals surface area contributed by atoms with Crippen molar-refractivity contribution in [2.45, 2.75) is 0 Å². The zero-order chi connectivity index (χ0) is 82.9. The molecule has 586 valence electrons. The lowest BCUT2D eigenvalue weighted by molar-refractivity contribution is 0.669. The Kier molecular flexibility index (Phi) is 17.0.